The van der Waals surface area contributed by atoms with Gasteiger partial charge in [0.1, 0.15) is 12.2 Å². The van der Waals surface area contributed by atoms with Crippen molar-refractivity contribution in [3.05, 3.63) is 53.0 Å². The van der Waals surface area contributed by atoms with Crippen molar-refractivity contribution in [2.75, 3.05) is 6.61 Å². The van der Waals surface area contributed by atoms with Gasteiger partial charge in [-0.15, -0.1) is 10.2 Å². The highest BCUT2D eigenvalue weighted by Gasteiger charge is 2.18. The molecule has 132 valence electrons. The van der Waals surface area contributed by atoms with Gasteiger partial charge in [-0.25, -0.2) is 0 Å². The maximum atomic E-state index is 12.3. The van der Waals surface area contributed by atoms with Crippen LogP contribution < -0.4 is 0 Å². The van der Waals surface area contributed by atoms with E-state index >= 15 is 0 Å². The fourth-order valence-electron chi connectivity index (χ4n) is 2.44. The van der Waals surface area contributed by atoms with Crippen LogP contribution in [0.4, 0.5) is 8.78 Å². The number of hydrogen-bond donors (Lipinski definition) is 0. The summed E-state index contributed by atoms with van der Waals surface area (Å²) < 4.78 is 33.3. The zero-order valence-corrected chi connectivity index (χ0v) is 14.8. The van der Waals surface area contributed by atoms with E-state index in [9.17, 15) is 8.78 Å². The average molecular weight is 413 g/mol. The molecule has 0 saturated carbocycles. The Morgan fingerprint density at radius 3 is 2.76 bits per heavy atom. The molecule has 3 aromatic rings. The third-order valence-corrected chi connectivity index (χ3v) is 4.10. The summed E-state index contributed by atoms with van der Waals surface area (Å²) in [7, 11) is 0. The molecular formula is C15H15BrF2N6O. The van der Waals surface area contributed by atoms with Crippen LogP contribution in [0.2, 0.25) is 0 Å². The second-order valence-corrected chi connectivity index (χ2v) is 6.18. The van der Waals surface area contributed by atoms with E-state index in [1.54, 1.807) is 34.2 Å². The molecule has 25 heavy (non-hydrogen) atoms. The molecule has 0 aliphatic carbocycles. The Morgan fingerprint density at radius 2 is 2.12 bits per heavy atom. The Morgan fingerprint density at radius 1 is 1.28 bits per heavy atom. The quantitative estimate of drug-likeness (QED) is 0.595. The molecule has 7 nitrogen and oxygen atoms in total. The lowest BCUT2D eigenvalue weighted by Crippen LogP contribution is -2.16. The van der Waals surface area contributed by atoms with Crippen molar-refractivity contribution in [2.45, 2.75) is 26.0 Å². The highest BCUT2D eigenvalue weighted by Crippen LogP contribution is 2.23. The van der Waals surface area contributed by atoms with E-state index in [4.69, 9.17) is 0 Å². The molecule has 3 rings (SSSR count). The van der Waals surface area contributed by atoms with Gasteiger partial charge in [0, 0.05) is 16.9 Å². The lowest BCUT2D eigenvalue weighted by atomic mass is 10.1. The predicted octanol–water partition coefficient (Wildman–Crippen LogP) is 3.15. The summed E-state index contributed by atoms with van der Waals surface area (Å²) in [4.78, 5) is 4.36. The topological polar surface area (TPSA) is 70.7 Å². The van der Waals surface area contributed by atoms with Gasteiger partial charge in [0.2, 0.25) is 0 Å². The standard InChI is InChI=1S/C15H15BrF2N6O/c1-10-22-20-9-23(10)12-7-21-24(8-12)14(4-5-25-15(17)18)13-3-2-11(16)6-19-13/h2-3,6-9,14-15H,4-5H2,1H3. The van der Waals surface area contributed by atoms with Gasteiger partial charge in [-0.3, -0.25) is 14.2 Å². The molecule has 0 radical (unpaired) electrons. The lowest BCUT2D eigenvalue weighted by Gasteiger charge is -2.17. The third kappa shape index (κ3) is 4.26. The number of ether oxygens (including phenoxy) is 1. The molecule has 0 amide bonds. The predicted molar refractivity (Wildman–Crippen MR) is 88.5 cm³/mol. The van der Waals surface area contributed by atoms with Gasteiger partial charge < -0.3 is 4.74 Å². The van der Waals surface area contributed by atoms with E-state index in [1.165, 1.54) is 0 Å². The van der Waals surface area contributed by atoms with E-state index in [0.717, 1.165) is 16.0 Å². The molecule has 0 aliphatic rings. The summed E-state index contributed by atoms with van der Waals surface area (Å²) >= 11 is 3.33. The first-order valence-electron chi connectivity index (χ1n) is 7.47. The minimum Gasteiger partial charge on any atom is -0.323 e. The number of aromatic nitrogens is 6. The van der Waals surface area contributed by atoms with Crippen LogP contribution in [0.15, 0.2) is 41.5 Å². The Hall–Kier alpha value is -2.20. The van der Waals surface area contributed by atoms with E-state index in [0.29, 0.717) is 12.1 Å². The van der Waals surface area contributed by atoms with Crippen LogP contribution in [-0.2, 0) is 4.74 Å². The summed E-state index contributed by atoms with van der Waals surface area (Å²) in [6.07, 6.45) is 7.01. The fourth-order valence-corrected chi connectivity index (χ4v) is 2.67. The summed E-state index contributed by atoms with van der Waals surface area (Å²) in [5, 5.41) is 12.1. The summed E-state index contributed by atoms with van der Waals surface area (Å²) in [6.45, 7) is -1.08. The van der Waals surface area contributed by atoms with Crippen LogP contribution in [0, 0.1) is 6.92 Å². The first-order valence-corrected chi connectivity index (χ1v) is 8.26. The van der Waals surface area contributed by atoms with Gasteiger partial charge in [-0.05, 0) is 41.4 Å². The van der Waals surface area contributed by atoms with E-state index < -0.39 is 6.61 Å². The number of hydrogen-bond acceptors (Lipinski definition) is 5. The molecule has 0 aromatic carbocycles. The maximum Gasteiger partial charge on any atom is 0.345 e. The Balaban J connectivity index is 1.87. The van der Waals surface area contributed by atoms with Crippen molar-refractivity contribution >= 4 is 15.9 Å². The van der Waals surface area contributed by atoms with Gasteiger partial charge in [0.05, 0.1) is 30.2 Å². The SMILES string of the molecule is Cc1nncn1-c1cnn(C(CCOC(F)F)c2ccc(Br)cn2)c1. The summed E-state index contributed by atoms with van der Waals surface area (Å²) in [5.74, 6) is 0.721. The van der Waals surface area contributed by atoms with E-state index in [1.807, 2.05) is 19.1 Å². The summed E-state index contributed by atoms with van der Waals surface area (Å²) in [5.41, 5.74) is 1.48. The third-order valence-electron chi connectivity index (χ3n) is 3.63. The molecule has 0 N–H and O–H groups in total. The molecule has 0 fully saturated rings. The molecule has 3 aromatic heterocycles. The first-order chi connectivity index (χ1) is 12.0. The average Bonchev–Trinajstić information content (AvgIpc) is 3.21. The maximum absolute atomic E-state index is 12.3. The molecule has 0 aliphatic heterocycles. The Kier molecular flexibility index (Phi) is 5.49. The molecular weight excluding hydrogens is 398 g/mol. The van der Waals surface area contributed by atoms with Gasteiger partial charge in [-0.2, -0.15) is 13.9 Å². The normalized spacial score (nSPS) is 12.7. The van der Waals surface area contributed by atoms with Crippen molar-refractivity contribution in [1.29, 1.82) is 0 Å². The second kappa shape index (κ2) is 7.79. The van der Waals surface area contributed by atoms with Crippen molar-refractivity contribution in [2.24, 2.45) is 0 Å². The number of pyridine rings is 1. The van der Waals surface area contributed by atoms with Gasteiger partial charge in [0.15, 0.2) is 0 Å². The number of rotatable bonds is 7. The first kappa shape index (κ1) is 17.6. The van der Waals surface area contributed by atoms with Gasteiger partial charge in [-0.1, -0.05) is 0 Å². The van der Waals surface area contributed by atoms with Gasteiger partial charge >= 0.3 is 6.61 Å². The highest BCUT2D eigenvalue weighted by atomic mass is 79.9. The van der Waals surface area contributed by atoms with Crippen LogP contribution in [0.25, 0.3) is 5.69 Å². The molecule has 1 unspecified atom stereocenters. The smallest absolute Gasteiger partial charge is 0.323 e. The zero-order valence-electron chi connectivity index (χ0n) is 13.3. The van der Waals surface area contributed by atoms with Gasteiger partial charge in [0.25, 0.3) is 0 Å². The Labute approximate surface area is 150 Å². The van der Waals surface area contributed by atoms with E-state index in [-0.39, 0.29) is 12.6 Å². The lowest BCUT2D eigenvalue weighted by molar-refractivity contribution is -0.130. The van der Waals surface area contributed by atoms with Crippen LogP contribution >= 0.6 is 15.9 Å². The fraction of sp³-hybridized carbons (Fsp3) is 0.333. The van der Waals surface area contributed by atoms with Crippen molar-refractivity contribution in [1.82, 2.24) is 29.5 Å². The van der Waals surface area contributed by atoms with Crippen LogP contribution in [-0.4, -0.2) is 42.7 Å². The number of alkyl halides is 2. The van der Waals surface area contributed by atoms with Crippen molar-refractivity contribution < 1.29 is 13.5 Å². The molecule has 0 spiro atoms. The molecule has 10 heteroatoms. The molecule has 0 bridgehead atoms. The van der Waals surface area contributed by atoms with E-state index in [2.05, 4.69) is 40.9 Å². The monoisotopic (exact) mass is 412 g/mol. The largest absolute Gasteiger partial charge is 0.345 e. The van der Waals surface area contributed by atoms with Crippen LogP contribution in [0.3, 0.4) is 0 Å². The van der Waals surface area contributed by atoms with Crippen molar-refractivity contribution in [3.8, 4) is 5.69 Å². The second-order valence-electron chi connectivity index (χ2n) is 5.26. The Bertz CT molecular complexity index is 820. The highest BCUT2D eigenvalue weighted by molar-refractivity contribution is 9.10. The molecule has 3 heterocycles. The van der Waals surface area contributed by atoms with Crippen molar-refractivity contribution in [3.63, 3.8) is 0 Å². The van der Waals surface area contributed by atoms with Crippen LogP contribution in [0.1, 0.15) is 24.0 Å². The minimum absolute atomic E-state index is 0.110. The number of nitrogens with zero attached hydrogens (tertiary/aromatic N) is 6. The summed E-state index contributed by atoms with van der Waals surface area (Å²) in [6, 6.07) is 3.33. The minimum atomic E-state index is -2.80. The van der Waals surface area contributed by atoms with Crippen LogP contribution in [0.5, 0.6) is 0 Å². The molecule has 1 atom stereocenters. The zero-order chi connectivity index (χ0) is 17.8. The number of aryl methyl sites for hydroxylation is 1. The molecule has 0 saturated heterocycles. The number of halogens is 3.